The van der Waals surface area contributed by atoms with E-state index >= 15 is 0 Å². The van der Waals surface area contributed by atoms with E-state index < -0.39 is 11.6 Å². The van der Waals surface area contributed by atoms with Crippen LogP contribution < -0.4 is 10.6 Å². The van der Waals surface area contributed by atoms with Crippen molar-refractivity contribution in [1.29, 1.82) is 0 Å². The molecule has 0 bridgehead atoms. The maximum absolute atomic E-state index is 13.6. The Morgan fingerprint density at radius 2 is 2.06 bits per heavy atom. The molecule has 0 heterocycles. The average molecular weight is 321 g/mol. The first-order chi connectivity index (χ1) is 8.41. The van der Waals surface area contributed by atoms with Gasteiger partial charge in [-0.05, 0) is 41.9 Å². The largest absolute Gasteiger partial charge is 0.353 e. The van der Waals surface area contributed by atoms with Crippen molar-refractivity contribution in [2.24, 2.45) is 0 Å². The second-order valence-electron chi connectivity index (χ2n) is 4.15. The molecule has 6 heteroatoms. The lowest BCUT2D eigenvalue weighted by Crippen LogP contribution is -2.37. The quantitative estimate of drug-likeness (QED) is 0.818. The van der Waals surface area contributed by atoms with E-state index in [-0.39, 0.29) is 35.1 Å². The van der Waals surface area contributed by atoms with Crippen LogP contribution in [0.3, 0.4) is 0 Å². The van der Waals surface area contributed by atoms with E-state index in [0.29, 0.717) is 0 Å². The smallest absolute Gasteiger partial charge is 0.234 e. The van der Waals surface area contributed by atoms with E-state index in [9.17, 15) is 13.6 Å². The highest BCUT2D eigenvalue weighted by Crippen LogP contribution is 2.21. The summed E-state index contributed by atoms with van der Waals surface area (Å²) in [6.45, 7) is 3.66. The van der Waals surface area contributed by atoms with Gasteiger partial charge in [0.1, 0.15) is 11.6 Å². The van der Waals surface area contributed by atoms with E-state index in [1.807, 2.05) is 13.8 Å². The zero-order valence-electron chi connectivity index (χ0n) is 10.2. The van der Waals surface area contributed by atoms with E-state index in [4.69, 9.17) is 0 Å². The van der Waals surface area contributed by atoms with Gasteiger partial charge < -0.3 is 10.6 Å². The predicted molar refractivity (Wildman–Crippen MR) is 69.0 cm³/mol. The van der Waals surface area contributed by atoms with Crippen molar-refractivity contribution >= 4 is 21.8 Å². The predicted octanol–water partition coefficient (Wildman–Crippen LogP) is 2.34. The molecule has 0 saturated heterocycles. The molecule has 0 radical (unpaired) electrons. The summed E-state index contributed by atoms with van der Waals surface area (Å²) >= 11 is 2.99. The van der Waals surface area contributed by atoms with Crippen LogP contribution in [0.5, 0.6) is 0 Å². The number of carbonyl (C=O) groups is 1. The molecule has 1 aromatic carbocycles. The Labute approximate surface area is 113 Å². The van der Waals surface area contributed by atoms with Crippen LogP contribution in [0.25, 0.3) is 0 Å². The van der Waals surface area contributed by atoms with Gasteiger partial charge in [-0.15, -0.1) is 0 Å². The van der Waals surface area contributed by atoms with Crippen molar-refractivity contribution in [2.75, 3.05) is 6.54 Å². The molecule has 2 N–H and O–H groups in total. The van der Waals surface area contributed by atoms with Crippen molar-refractivity contribution < 1.29 is 13.6 Å². The Kier molecular flexibility index (Phi) is 5.68. The lowest BCUT2D eigenvalue weighted by atomic mass is 10.2. The summed E-state index contributed by atoms with van der Waals surface area (Å²) in [7, 11) is 0. The number of hydrogen-bond acceptors (Lipinski definition) is 2. The third-order valence-electron chi connectivity index (χ3n) is 2.18. The molecule has 100 valence electrons. The number of halogens is 3. The van der Waals surface area contributed by atoms with Gasteiger partial charge in [0.05, 0.1) is 11.0 Å². The Morgan fingerprint density at radius 1 is 1.39 bits per heavy atom. The van der Waals surface area contributed by atoms with Crippen molar-refractivity contribution in [3.8, 4) is 0 Å². The van der Waals surface area contributed by atoms with Gasteiger partial charge in [-0.3, -0.25) is 4.79 Å². The minimum absolute atomic E-state index is 0.0174. The van der Waals surface area contributed by atoms with Crippen molar-refractivity contribution in [2.45, 2.75) is 26.4 Å². The van der Waals surface area contributed by atoms with Gasteiger partial charge in [-0.2, -0.15) is 0 Å². The monoisotopic (exact) mass is 320 g/mol. The number of benzene rings is 1. The van der Waals surface area contributed by atoms with Crippen LogP contribution in [-0.4, -0.2) is 18.5 Å². The minimum atomic E-state index is -0.647. The first-order valence-electron chi connectivity index (χ1n) is 5.54. The van der Waals surface area contributed by atoms with Crippen molar-refractivity contribution in [1.82, 2.24) is 10.6 Å². The summed E-state index contributed by atoms with van der Waals surface area (Å²) in [6.07, 6.45) is 0. The maximum Gasteiger partial charge on any atom is 0.234 e. The van der Waals surface area contributed by atoms with Gasteiger partial charge >= 0.3 is 0 Å². The number of rotatable bonds is 5. The number of nitrogens with one attached hydrogen (secondary N) is 2. The molecule has 18 heavy (non-hydrogen) atoms. The number of hydrogen-bond donors (Lipinski definition) is 2. The van der Waals surface area contributed by atoms with E-state index in [0.717, 1.165) is 0 Å². The van der Waals surface area contributed by atoms with E-state index in [1.54, 1.807) is 0 Å². The van der Waals surface area contributed by atoms with Gasteiger partial charge in [0.25, 0.3) is 0 Å². The molecule has 0 aliphatic heterocycles. The van der Waals surface area contributed by atoms with Gasteiger partial charge in [-0.25, -0.2) is 8.78 Å². The highest BCUT2D eigenvalue weighted by atomic mass is 79.9. The molecule has 1 aromatic rings. The highest BCUT2D eigenvalue weighted by molar-refractivity contribution is 9.10. The molecule has 0 atom stereocenters. The van der Waals surface area contributed by atoms with Crippen LogP contribution >= 0.6 is 15.9 Å². The average Bonchev–Trinajstić information content (AvgIpc) is 2.27. The van der Waals surface area contributed by atoms with Crippen LogP contribution in [0.2, 0.25) is 0 Å². The Morgan fingerprint density at radius 3 is 2.67 bits per heavy atom. The molecule has 0 saturated carbocycles. The van der Waals surface area contributed by atoms with Gasteiger partial charge in [-0.1, -0.05) is 0 Å². The summed E-state index contributed by atoms with van der Waals surface area (Å²) in [6, 6.07) is 2.52. The summed E-state index contributed by atoms with van der Waals surface area (Å²) in [5.74, 6) is -1.49. The molecule has 0 aliphatic rings. The van der Waals surface area contributed by atoms with Crippen LogP contribution in [-0.2, 0) is 11.3 Å². The third-order valence-corrected chi connectivity index (χ3v) is 2.79. The van der Waals surface area contributed by atoms with Crippen LogP contribution in [0.1, 0.15) is 19.4 Å². The van der Waals surface area contributed by atoms with E-state index in [2.05, 4.69) is 26.6 Å². The molecule has 0 spiro atoms. The third kappa shape index (κ3) is 4.34. The highest BCUT2D eigenvalue weighted by Gasteiger charge is 2.12. The first kappa shape index (κ1) is 15.0. The standard InChI is InChI=1S/C12H15BrF2N2O/c1-7(2)17-11(18)6-16-5-8-10(14)4-3-9(13)12(8)15/h3-4,7,16H,5-6H2,1-2H3,(H,17,18). The fourth-order valence-corrected chi connectivity index (χ4v) is 1.78. The molecule has 0 fully saturated rings. The Hall–Kier alpha value is -1.01. The molecule has 3 nitrogen and oxygen atoms in total. The molecule has 1 rings (SSSR count). The lowest BCUT2D eigenvalue weighted by Gasteiger charge is -2.10. The molecular formula is C12H15BrF2N2O. The summed E-state index contributed by atoms with van der Waals surface area (Å²) in [4.78, 5) is 11.3. The Bertz CT molecular complexity index is 438. The summed E-state index contributed by atoms with van der Waals surface area (Å²) in [5.41, 5.74) is -0.0817. The SMILES string of the molecule is CC(C)NC(=O)CNCc1c(F)ccc(Br)c1F. The van der Waals surface area contributed by atoms with E-state index in [1.165, 1.54) is 12.1 Å². The minimum Gasteiger partial charge on any atom is -0.353 e. The van der Waals surface area contributed by atoms with Crippen molar-refractivity contribution in [3.63, 3.8) is 0 Å². The zero-order valence-corrected chi connectivity index (χ0v) is 11.8. The van der Waals surface area contributed by atoms with Crippen molar-refractivity contribution in [3.05, 3.63) is 33.8 Å². The number of carbonyl (C=O) groups excluding carboxylic acids is 1. The normalized spacial score (nSPS) is 10.8. The van der Waals surface area contributed by atoms with Gasteiger partial charge in [0.2, 0.25) is 5.91 Å². The Balaban J connectivity index is 2.54. The second-order valence-corrected chi connectivity index (χ2v) is 5.00. The fraction of sp³-hybridized carbons (Fsp3) is 0.417. The molecular weight excluding hydrogens is 306 g/mol. The fourth-order valence-electron chi connectivity index (χ4n) is 1.41. The zero-order chi connectivity index (χ0) is 13.7. The molecule has 0 unspecified atom stereocenters. The molecule has 1 amide bonds. The second kappa shape index (κ2) is 6.80. The number of amides is 1. The van der Waals surface area contributed by atoms with Gasteiger partial charge in [0.15, 0.2) is 0 Å². The molecule has 0 aromatic heterocycles. The molecule has 0 aliphatic carbocycles. The van der Waals surface area contributed by atoms with Gasteiger partial charge in [0, 0.05) is 18.2 Å². The van der Waals surface area contributed by atoms with Crippen LogP contribution in [0.15, 0.2) is 16.6 Å². The topological polar surface area (TPSA) is 41.1 Å². The maximum atomic E-state index is 13.6. The summed E-state index contributed by atoms with van der Waals surface area (Å²) < 4.78 is 27.1. The van der Waals surface area contributed by atoms with Crippen LogP contribution in [0, 0.1) is 11.6 Å². The summed E-state index contributed by atoms with van der Waals surface area (Å²) in [5, 5.41) is 5.37. The lowest BCUT2D eigenvalue weighted by molar-refractivity contribution is -0.120. The van der Waals surface area contributed by atoms with Crippen LogP contribution in [0.4, 0.5) is 8.78 Å². The first-order valence-corrected chi connectivity index (χ1v) is 6.33.